The van der Waals surface area contributed by atoms with Gasteiger partial charge in [0, 0.05) is 5.69 Å². The highest BCUT2D eigenvalue weighted by molar-refractivity contribution is 7.80. The maximum absolute atomic E-state index is 5.48. The Bertz CT molecular complexity index is 591. The second kappa shape index (κ2) is 7.95. The number of benzene rings is 2. The molecule has 0 heterocycles. The van der Waals surface area contributed by atoms with Gasteiger partial charge in [0.05, 0.1) is 6.04 Å². The van der Waals surface area contributed by atoms with Crippen molar-refractivity contribution in [1.82, 2.24) is 5.32 Å². The Morgan fingerprint density at radius 1 is 1.00 bits per heavy atom. The van der Waals surface area contributed by atoms with Crippen LogP contribution in [0.1, 0.15) is 37.4 Å². The third-order valence-electron chi connectivity index (χ3n) is 3.52. The zero-order valence-electron chi connectivity index (χ0n) is 13.5. The summed E-state index contributed by atoms with van der Waals surface area (Å²) in [5.41, 5.74) is 3.52. The SMILES string of the molecule is Cc1ccc(NC(=S)N[C@H](CC(C)C)c2ccccc2)cc1. The molecule has 0 saturated carbocycles. The maximum atomic E-state index is 5.48. The number of anilines is 1. The van der Waals surface area contributed by atoms with Crippen LogP contribution in [0, 0.1) is 12.8 Å². The molecule has 2 rings (SSSR count). The van der Waals surface area contributed by atoms with Gasteiger partial charge in [-0.15, -0.1) is 0 Å². The highest BCUT2D eigenvalue weighted by Gasteiger charge is 2.14. The lowest BCUT2D eigenvalue weighted by Crippen LogP contribution is -2.33. The first-order chi connectivity index (χ1) is 10.5. The van der Waals surface area contributed by atoms with Gasteiger partial charge in [-0.2, -0.15) is 0 Å². The summed E-state index contributed by atoms with van der Waals surface area (Å²) in [5.74, 6) is 0.597. The number of hydrogen-bond donors (Lipinski definition) is 2. The van der Waals surface area contributed by atoms with Crippen LogP contribution in [0.3, 0.4) is 0 Å². The molecule has 0 aromatic heterocycles. The zero-order chi connectivity index (χ0) is 15.9. The smallest absolute Gasteiger partial charge is 0.171 e. The van der Waals surface area contributed by atoms with Crippen LogP contribution in [0.5, 0.6) is 0 Å². The molecule has 0 radical (unpaired) electrons. The molecule has 0 aliphatic carbocycles. The number of nitrogens with one attached hydrogen (secondary N) is 2. The minimum absolute atomic E-state index is 0.228. The Balaban J connectivity index is 2.03. The fraction of sp³-hybridized carbons (Fsp3) is 0.316. The van der Waals surface area contributed by atoms with Crippen LogP contribution in [-0.4, -0.2) is 5.11 Å². The predicted molar refractivity (Wildman–Crippen MR) is 99.2 cm³/mol. The third kappa shape index (κ3) is 5.15. The normalized spacial score (nSPS) is 12.0. The Labute approximate surface area is 139 Å². The molecule has 3 heteroatoms. The van der Waals surface area contributed by atoms with Crippen LogP contribution >= 0.6 is 12.2 Å². The van der Waals surface area contributed by atoms with Gasteiger partial charge < -0.3 is 10.6 Å². The summed E-state index contributed by atoms with van der Waals surface area (Å²) in [6.45, 7) is 6.54. The van der Waals surface area contributed by atoms with E-state index in [9.17, 15) is 0 Å². The first-order valence-electron chi connectivity index (χ1n) is 7.73. The van der Waals surface area contributed by atoms with Gasteiger partial charge in [-0.05, 0) is 49.2 Å². The molecule has 0 amide bonds. The van der Waals surface area contributed by atoms with E-state index >= 15 is 0 Å². The van der Waals surface area contributed by atoms with E-state index in [1.165, 1.54) is 11.1 Å². The summed E-state index contributed by atoms with van der Waals surface area (Å²) in [5, 5.41) is 7.38. The number of hydrogen-bond acceptors (Lipinski definition) is 1. The number of aryl methyl sites for hydroxylation is 1. The maximum Gasteiger partial charge on any atom is 0.171 e. The molecule has 0 aliphatic rings. The van der Waals surface area contributed by atoms with Crippen molar-refractivity contribution in [2.75, 3.05) is 5.32 Å². The monoisotopic (exact) mass is 312 g/mol. The van der Waals surface area contributed by atoms with Gasteiger partial charge in [0.2, 0.25) is 0 Å². The van der Waals surface area contributed by atoms with E-state index in [-0.39, 0.29) is 6.04 Å². The molecule has 0 bridgehead atoms. The molecule has 0 aliphatic heterocycles. The van der Waals surface area contributed by atoms with Gasteiger partial charge in [-0.25, -0.2) is 0 Å². The lowest BCUT2D eigenvalue weighted by atomic mass is 9.97. The number of rotatable bonds is 5. The molecular formula is C19H24N2S. The second-order valence-electron chi connectivity index (χ2n) is 6.06. The van der Waals surface area contributed by atoms with Gasteiger partial charge in [-0.3, -0.25) is 0 Å². The van der Waals surface area contributed by atoms with Crippen molar-refractivity contribution < 1.29 is 0 Å². The van der Waals surface area contributed by atoms with Crippen molar-refractivity contribution in [2.24, 2.45) is 5.92 Å². The minimum atomic E-state index is 0.228. The molecule has 1 atom stereocenters. The average molecular weight is 312 g/mol. The van der Waals surface area contributed by atoms with Crippen molar-refractivity contribution in [3.05, 3.63) is 65.7 Å². The van der Waals surface area contributed by atoms with Crippen molar-refractivity contribution in [3.63, 3.8) is 0 Å². The molecule has 2 aromatic rings. The van der Waals surface area contributed by atoms with Crippen molar-refractivity contribution in [2.45, 2.75) is 33.2 Å². The van der Waals surface area contributed by atoms with E-state index < -0.39 is 0 Å². The van der Waals surface area contributed by atoms with Gasteiger partial charge >= 0.3 is 0 Å². The molecule has 116 valence electrons. The van der Waals surface area contributed by atoms with E-state index in [1.54, 1.807) is 0 Å². The third-order valence-corrected chi connectivity index (χ3v) is 3.74. The Kier molecular flexibility index (Phi) is 5.96. The highest BCUT2D eigenvalue weighted by Crippen LogP contribution is 2.21. The minimum Gasteiger partial charge on any atom is -0.356 e. The largest absolute Gasteiger partial charge is 0.356 e. The summed E-state index contributed by atoms with van der Waals surface area (Å²) in [7, 11) is 0. The second-order valence-corrected chi connectivity index (χ2v) is 6.47. The molecule has 0 fully saturated rings. The van der Waals surface area contributed by atoms with E-state index in [1.807, 2.05) is 18.2 Å². The van der Waals surface area contributed by atoms with Crippen LogP contribution in [0.4, 0.5) is 5.69 Å². The summed E-state index contributed by atoms with van der Waals surface area (Å²) in [6, 6.07) is 18.9. The summed E-state index contributed by atoms with van der Waals surface area (Å²) >= 11 is 5.48. The van der Waals surface area contributed by atoms with E-state index in [2.05, 4.69) is 67.8 Å². The lowest BCUT2D eigenvalue weighted by molar-refractivity contribution is 0.481. The summed E-state index contributed by atoms with van der Waals surface area (Å²) < 4.78 is 0. The van der Waals surface area contributed by atoms with E-state index in [0.717, 1.165) is 12.1 Å². The first kappa shape index (κ1) is 16.5. The van der Waals surface area contributed by atoms with Gasteiger partial charge in [0.25, 0.3) is 0 Å². The van der Waals surface area contributed by atoms with E-state index in [4.69, 9.17) is 12.2 Å². The molecule has 0 spiro atoms. The fourth-order valence-corrected chi connectivity index (χ4v) is 2.66. The molecule has 2 N–H and O–H groups in total. The van der Waals surface area contributed by atoms with Crippen LogP contribution < -0.4 is 10.6 Å². The Morgan fingerprint density at radius 3 is 2.23 bits per heavy atom. The van der Waals surface area contributed by atoms with Gasteiger partial charge in [-0.1, -0.05) is 61.9 Å². The van der Waals surface area contributed by atoms with Crippen LogP contribution in [-0.2, 0) is 0 Å². The van der Waals surface area contributed by atoms with Gasteiger partial charge in [0.1, 0.15) is 0 Å². The van der Waals surface area contributed by atoms with Crippen molar-refractivity contribution >= 4 is 23.0 Å². The fourth-order valence-electron chi connectivity index (χ4n) is 2.40. The highest BCUT2D eigenvalue weighted by atomic mass is 32.1. The average Bonchev–Trinajstić information content (AvgIpc) is 2.49. The van der Waals surface area contributed by atoms with Gasteiger partial charge in [0.15, 0.2) is 5.11 Å². The zero-order valence-corrected chi connectivity index (χ0v) is 14.3. The van der Waals surface area contributed by atoms with Crippen LogP contribution in [0.2, 0.25) is 0 Å². The topological polar surface area (TPSA) is 24.1 Å². The first-order valence-corrected chi connectivity index (χ1v) is 8.14. The Morgan fingerprint density at radius 2 is 1.64 bits per heavy atom. The molecule has 0 unspecified atom stereocenters. The van der Waals surface area contributed by atoms with Crippen molar-refractivity contribution in [1.29, 1.82) is 0 Å². The standard InChI is InChI=1S/C19H24N2S/c1-14(2)13-18(16-7-5-4-6-8-16)21-19(22)20-17-11-9-15(3)10-12-17/h4-12,14,18H,13H2,1-3H3,(H2,20,21,22)/t18-/m1/s1. The predicted octanol–water partition coefficient (Wildman–Crippen LogP) is 5.07. The van der Waals surface area contributed by atoms with Crippen molar-refractivity contribution in [3.8, 4) is 0 Å². The molecule has 0 saturated heterocycles. The Hall–Kier alpha value is -1.87. The lowest BCUT2D eigenvalue weighted by Gasteiger charge is -2.23. The number of thiocarbonyl (C=S) groups is 1. The molecular weight excluding hydrogens is 288 g/mol. The molecule has 2 nitrogen and oxygen atoms in total. The van der Waals surface area contributed by atoms with Crippen LogP contribution in [0.15, 0.2) is 54.6 Å². The summed E-state index contributed by atoms with van der Waals surface area (Å²) in [4.78, 5) is 0. The quantitative estimate of drug-likeness (QED) is 0.754. The van der Waals surface area contributed by atoms with E-state index in [0.29, 0.717) is 11.0 Å². The summed E-state index contributed by atoms with van der Waals surface area (Å²) in [6.07, 6.45) is 1.04. The molecule has 2 aromatic carbocycles. The van der Waals surface area contributed by atoms with Crippen LogP contribution in [0.25, 0.3) is 0 Å². The molecule has 22 heavy (non-hydrogen) atoms.